The quantitative estimate of drug-likeness (QED) is 0.828. The smallest absolute Gasteiger partial charge is 0.310 e. The zero-order chi connectivity index (χ0) is 15.7. The number of rotatable bonds is 5. The number of sulfonamides is 1. The third kappa shape index (κ3) is 3.46. The zero-order valence-corrected chi connectivity index (χ0v) is 14.1. The molecule has 0 aliphatic heterocycles. The van der Waals surface area contributed by atoms with E-state index >= 15 is 0 Å². The Morgan fingerprint density at radius 1 is 1.38 bits per heavy atom. The molecule has 7 heteroatoms. The van der Waals surface area contributed by atoms with E-state index < -0.39 is 21.4 Å². The van der Waals surface area contributed by atoms with Crippen LogP contribution in [0.1, 0.15) is 31.2 Å². The number of carboxylic acids is 1. The van der Waals surface area contributed by atoms with Crippen molar-refractivity contribution in [3.63, 3.8) is 0 Å². The molecule has 0 radical (unpaired) electrons. The molecule has 1 aromatic rings. The Morgan fingerprint density at radius 3 is 2.57 bits per heavy atom. The monoisotopic (exact) mass is 375 g/mol. The molecule has 116 valence electrons. The molecule has 0 aromatic heterocycles. The van der Waals surface area contributed by atoms with Gasteiger partial charge in [-0.05, 0) is 37.5 Å². The number of benzene rings is 1. The molecule has 0 atom stereocenters. The summed E-state index contributed by atoms with van der Waals surface area (Å²) in [5.74, 6) is -0.923. The lowest BCUT2D eigenvalue weighted by Crippen LogP contribution is -2.41. The lowest BCUT2D eigenvalue weighted by Gasteiger charge is -2.24. The molecular weight excluding hydrogens is 358 g/mol. The molecule has 5 nitrogen and oxygen atoms in total. The first-order chi connectivity index (χ1) is 9.77. The molecule has 0 unspecified atom stereocenters. The molecule has 1 aliphatic carbocycles. The summed E-state index contributed by atoms with van der Waals surface area (Å²) < 4.78 is 28.0. The number of carbonyl (C=O) groups is 1. The molecule has 21 heavy (non-hydrogen) atoms. The van der Waals surface area contributed by atoms with E-state index in [9.17, 15) is 18.3 Å². The normalized spacial score (nSPS) is 17.8. The van der Waals surface area contributed by atoms with Crippen molar-refractivity contribution < 1.29 is 18.3 Å². The first kappa shape index (κ1) is 16.5. The van der Waals surface area contributed by atoms with Crippen LogP contribution in [-0.4, -0.2) is 26.0 Å². The van der Waals surface area contributed by atoms with E-state index in [0.717, 1.165) is 12.8 Å². The van der Waals surface area contributed by atoms with Crippen LogP contribution in [0.5, 0.6) is 0 Å². The van der Waals surface area contributed by atoms with Gasteiger partial charge < -0.3 is 5.11 Å². The van der Waals surface area contributed by atoms with Crippen molar-refractivity contribution in [2.45, 2.75) is 37.5 Å². The van der Waals surface area contributed by atoms with Crippen LogP contribution in [0.3, 0.4) is 0 Å². The summed E-state index contributed by atoms with van der Waals surface area (Å²) in [4.78, 5) is 11.6. The lowest BCUT2D eigenvalue weighted by molar-refractivity contribution is -0.148. The van der Waals surface area contributed by atoms with Gasteiger partial charge in [-0.2, -0.15) is 0 Å². The van der Waals surface area contributed by atoms with Gasteiger partial charge in [0, 0.05) is 11.0 Å². The first-order valence-electron chi connectivity index (χ1n) is 6.76. The average molecular weight is 376 g/mol. The highest BCUT2D eigenvalue weighted by molar-refractivity contribution is 9.10. The summed E-state index contributed by atoms with van der Waals surface area (Å²) >= 11 is 3.25. The van der Waals surface area contributed by atoms with Gasteiger partial charge in [0.2, 0.25) is 10.0 Å². The van der Waals surface area contributed by atoms with E-state index in [2.05, 4.69) is 20.7 Å². The van der Waals surface area contributed by atoms with Crippen molar-refractivity contribution in [1.29, 1.82) is 0 Å². The van der Waals surface area contributed by atoms with E-state index in [1.54, 1.807) is 19.1 Å². The predicted octanol–water partition coefficient (Wildman–Crippen LogP) is 2.68. The summed E-state index contributed by atoms with van der Waals surface area (Å²) in [5, 5.41) is 9.39. The lowest BCUT2D eigenvalue weighted by atomic mass is 9.87. The summed E-state index contributed by atoms with van der Waals surface area (Å²) in [6, 6.07) is 5.00. The van der Waals surface area contributed by atoms with Gasteiger partial charge in [0.05, 0.1) is 10.3 Å². The number of aryl methyl sites for hydroxylation is 1. The van der Waals surface area contributed by atoms with Crippen LogP contribution in [0.25, 0.3) is 0 Å². The Labute approximate surface area is 132 Å². The van der Waals surface area contributed by atoms with E-state index in [1.807, 2.05) is 0 Å². The SMILES string of the molecule is Cc1ccc(Br)cc1S(=O)(=O)NCC1(C(=O)O)CCCC1. The van der Waals surface area contributed by atoms with Gasteiger partial charge >= 0.3 is 5.97 Å². The van der Waals surface area contributed by atoms with Gasteiger partial charge in [-0.3, -0.25) is 4.79 Å². The maximum atomic E-state index is 12.4. The zero-order valence-electron chi connectivity index (χ0n) is 11.7. The van der Waals surface area contributed by atoms with Gasteiger partial charge in [-0.1, -0.05) is 34.8 Å². The minimum absolute atomic E-state index is 0.0589. The molecule has 0 amide bonds. The predicted molar refractivity (Wildman–Crippen MR) is 82.6 cm³/mol. The molecule has 0 spiro atoms. The number of nitrogens with one attached hydrogen (secondary N) is 1. The number of aliphatic carboxylic acids is 1. The van der Waals surface area contributed by atoms with Crippen LogP contribution in [0, 0.1) is 12.3 Å². The molecule has 1 aliphatic rings. The molecule has 1 saturated carbocycles. The largest absolute Gasteiger partial charge is 0.481 e. The second kappa shape index (κ2) is 6.06. The fourth-order valence-corrected chi connectivity index (χ4v) is 4.60. The molecule has 0 heterocycles. The van der Waals surface area contributed by atoms with Crippen LogP contribution in [0.15, 0.2) is 27.6 Å². The Morgan fingerprint density at radius 2 is 2.00 bits per heavy atom. The van der Waals surface area contributed by atoms with Crippen molar-refractivity contribution in [1.82, 2.24) is 4.72 Å². The summed E-state index contributed by atoms with van der Waals surface area (Å²) in [5.41, 5.74) is -0.339. The third-order valence-corrected chi connectivity index (χ3v) is 6.09. The molecule has 1 aromatic carbocycles. The maximum absolute atomic E-state index is 12.4. The van der Waals surface area contributed by atoms with Crippen LogP contribution in [0.4, 0.5) is 0 Å². The molecule has 2 rings (SSSR count). The van der Waals surface area contributed by atoms with Crippen molar-refractivity contribution in [3.05, 3.63) is 28.2 Å². The number of hydrogen-bond donors (Lipinski definition) is 2. The first-order valence-corrected chi connectivity index (χ1v) is 9.04. The highest BCUT2D eigenvalue weighted by Crippen LogP contribution is 2.38. The van der Waals surface area contributed by atoms with Gasteiger partial charge in [-0.15, -0.1) is 0 Å². The Balaban J connectivity index is 2.22. The third-order valence-electron chi connectivity index (χ3n) is 4.05. The van der Waals surface area contributed by atoms with E-state index in [4.69, 9.17) is 0 Å². The van der Waals surface area contributed by atoms with Crippen LogP contribution >= 0.6 is 15.9 Å². The van der Waals surface area contributed by atoms with Crippen LogP contribution in [0.2, 0.25) is 0 Å². The number of halogens is 1. The van der Waals surface area contributed by atoms with Gasteiger partial charge in [0.15, 0.2) is 0 Å². The minimum Gasteiger partial charge on any atom is -0.481 e. The van der Waals surface area contributed by atoms with Crippen molar-refractivity contribution in [3.8, 4) is 0 Å². The van der Waals surface area contributed by atoms with Gasteiger partial charge in [-0.25, -0.2) is 13.1 Å². The van der Waals surface area contributed by atoms with E-state index in [0.29, 0.717) is 22.9 Å². The topological polar surface area (TPSA) is 83.5 Å². The van der Waals surface area contributed by atoms with Crippen LogP contribution in [-0.2, 0) is 14.8 Å². The van der Waals surface area contributed by atoms with Crippen molar-refractivity contribution >= 4 is 31.9 Å². The average Bonchev–Trinajstić information content (AvgIpc) is 2.89. The van der Waals surface area contributed by atoms with Crippen LogP contribution < -0.4 is 4.72 Å². The fraction of sp³-hybridized carbons (Fsp3) is 0.500. The molecule has 1 fully saturated rings. The Bertz CT molecular complexity index is 651. The Kier molecular flexibility index (Phi) is 4.75. The van der Waals surface area contributed by atoms with E-state index in [-0.39, 0.29) is 11.4 Å². The number of hydrogen-bond acceptors (Lipinski definition) is 3. The highest BCUT2D eigenvalue weighted by Gasteiger charge is 2.42. The summed E-state index contributed by atoms with van der Waals surface area (Å²) in [6.45, 7) is 1.65. The Hall–Kier alpha value is -0.920. The van der Waals surface area contributed by atoms with Crippen molar-refractivity contribution in [2.24, 2.45) is 5.41 Å². The molecular formula is C14H18BrNO4S. The molecule has 0 bridgehead atoms. The fourth-order valence-electron chi connectivity index (χ4n) is 2.69. The summed E-state index contributed by atoms with van der Waals surface area (Å²) in [6.07, 6.45) is 2.68. The second-order valence-corrected chi connectivity index (χ2v) is 8.18. The van der Waals surface area contributed by atoms with Gasteiger partial charge in [0.1, 0.15) is 0 Å². The minimum atomic E-state index is -3.72. The maximum Gasteiger partial charge on any atom is 0.310 e. The van der Waals surface area contributed by atoms with Gasteiger partial charge in [0.25, 0.3) is 0 Å². The highest BCUT2D eigenvalue weighted by atomic mass is 79.9. The summed E-state index contributed by atoms with van der Waals surface area (Å²) in [7, 11) is -3.72. The second-order valence-electron chi connectivity index (χ2n) is 5.53. The number of carboxylic acid groups (broad SMARTS) is 1. The van der Waals surface area contributed by atoms with Crippen molar-refractivity contribution in [2.75, 3.05) is 6.54 Å². The standard InChI is InChI=1S/C14H18BrNO4S/c1-10-4-5-11(15)8-12(10)21(19,20)16-9-14(13(17)18)6-2-3-7-14/h4-5,8,16H,2-3,6-7,9H2,1H3,(H,17,18). The molecule has 2 N–H and O–H groups in total. The van der Waals surface area contributed by atoms with E-state index in [1.165, 1.54) is 6.07 Å². The molecule has 0 saturated heterocycles.